The lowest BCUT2D eigenvalue weighted by Gasteiger charge is -2.06. The molecule has 108 valence electrons. The molecule has 3 rings (SSSR count). The summed E-state index contributed by atoms with van der Waals surface area (Å²) in [5, 5.41) is 3.44. The van der Waals surface area contributed by atoms with Gasteiger partial charge in [-0.1, -0.05) is 12.1 Å². The average Bonchev–Trinajstić information content (AvgIpc) is 2.90. The molecule has 1 aromatic carbocycles. The van der Waals surface area contributed by atoms with E-state index in [4.69, 9.17) is 0 Å². The summed E-state index contributed by atoms with van der Waals surface area (Å²) in [6.07, 6.45) is 6.68. The lowest BCUT2D eigenvalue weighted by atomic mass is 10.3. The third-order valence-electron chi connectivity index (χ3n) is 3.37. The number of para-hydroxylation sites is 2. The van der Waals surface area contributed by atoms with Crippen LogP contribution in [-0.2, 0) is 13.1 Å². The third-order valence-corrected chi connectivity index (χ3v) is 3.80. The molecule has 0 spiro atoms. The van der Waals surface area contributed by atoms with Crippen LogP contribution >= 0.6 is 15.9 Å². The van der Waals surface area contributed by atoms with Crippen LogP contribution in [0.25, 0.3) is 11.0 Å². The molecule has 0 bridgehead atoms. The largest absolute Gasteiger partial charge is 0.331 e. The van der Waals surface area contributed by atoms with Crippen LogP contribution in [0.15, 0.2) is 53.5 Å². The zero-order chi connectivity index (χ0) is 14.5. The fraction of sp³-hybridized carbons (Fsp3) is 0.250. The number of rotatable bonds is 6. The van der Waals surface area contributed by atoms with Crippen molar-refractivity contribution in [1.82, 2.24) is 19.9 Å². The Labute approximate surface area is 132 Å². The molecular weight excluding hydrogens is 328 g/mol. The van der Waals surface area contributed by atoms with Gasteiger partial charge in [-0.05, 0) is 52.7 Å². The highest BCUT2D eigenvalue weighted by atomic mass is 79.9. The van der Waals surface area contributed by atoms with E-state index >= 15 is 0 Å². The second kappa shape index (κ2) is 6.83. The van der Waals surface area contributed by atoms with Gasteiger partial charge in [-0.25, -0.2) is 4.98 Å². The van der Waals surface area contributed by atoms with Crippen molar-refractivity contribution in [3.63, 3.8) is 0 Å². The quantitative estimate of drug-likeness (QED) is 0.697. The van der Waals surface area contributed by atoms with Gasteiger partial charge in [0.2, 0.25) is 0 Å². The lowest BCUT2D eigenvalue weighted by molar-refractivity contribution is 0.588. The molecule has 0 aliphatic heterocycles. The monoisotopic (exact) mass is 344 g/mol. The normalized spacial score (nSPS) is 11.1. The maximum atomic E-state index is 4.40. The molecule has 0 aliphatic carbocycles. The molecule has 2 heterocycles. The highest BCUT2D eigenvalue weighted by molar-refractivity contribution is 9.10. The molecule has 0 aliphatic rings. The van der Waals surface area contributed by atoms with Gasteiger partial charge in [0, 0.05) is 30.0 Å². The smallest absolute Gasteiger partial charge is 0.0958 e. The van der Waals surface area contributed by atoms with Crippen LogP contribution in [0.2, 0.25) is 0 Å². The highest BCUT2D eigenvalue weighted by Crippen LogP contribution is 2.12. The SMILES string of the molecule is Brc1cncc(CNCCCn2cnc3ccccc32)c1. The number of hydrogen-bond donors (Lipinski definition) is 1. The van der Waals surface area contributed by atoms with Gasteiger partial charge in [-0.2, -0.15) is 0 Å². The van der Waals surface area contributed by atoms with Crippen LogP contribution in [-0.4, -0.2) is 21.1 Å². The first kappa shape index (κ1) is 14.2. The van der Waals surface area contributed by atoms with Gasteiger partial charge in [-0.3, -0.25) is 4.98 Å². The molecule has 4 nitrogen and oxygen atoms in total. The Balaban J connectivity index is 1.46. The van der Waals surface area contributed by atoms with Crippen molar-refractivity contribution in [2.24, 2.45) is 0 Å². The van der Waals surface area contributed by atoms with Crippen molar-refractivity contribution < 1.29 is 0 Å². The molecule has 2 aromatic heterocycles. The van der Waals surface area contributed by atoms with Crippen LogP contribution < -0.4 is 5.32 Å². The standard InChI is InChI=1S/C16H17BrN4/c17-14-8-13(10-19-11-14)9-18-6-3-7-21-12-20-15-4-1-2-5-16(15)21/h1-2,4-5,8,10-12,18H,3,6-7,9H2. The summed E-state index contributed by atoms with van der Waals surface area (Å²) in [6, 6.07) is 10.3. The van der Waals surface area contributed by atoms with Crippen molar-refractivity contribution >= 4 is 27.0 Å². The van der Waals surface area contributed by atoms with Gasteiger partial charge < -0.3 is 9.88 Å². The van der Waals surface area contributed by atoms with Gasteiger partial charge in [0.15, 0.2) is 0 Å². The van der Waals surface area contributed by atoms with Gasteiger partial charge in [0.1, 0.15) is 0 Å². The van der Waals surface area contributed by atoms with E-state index in [9.17, 15) is 0 Å². The predicted octanol–water partition coefficient (Wildman–Crippen LogP) is 3.37. The molecule has 0 saturated heterocycles. The molecule has 1 N–H and O–H groups in total. The first-order valence-electron chi connectivity index (χ1n) is 7.03. The summed E-state index contributed by atoms with van der Waals surface area (Å²) in [6.45, 7) is 2.79. The van der Waals surface area contributed by atoms with Crippen molar-refractivity contribution in [3.05, 3.63) is 59.1 Å². The number of aromatic nitrogens is 3. The number of nitrogens with zero attached hydrogens (tertiary/aromatic N) is 3. The van der Waals surface area contributed by atoms with Crippen LogP contribution in [0.4, 0.5) is 0 Å². The van der Waals surface area contributed by atoms with Crippen LogP contribution in [0.3, 0.4) is 0 Å². The molecule has 0 saturated carbocycles. The summed E-state index contributed by atoms with van der Waals surface area (Å²) in [4.78, 5) is 8.56. The van der Waals surface area contributed by atoms with E-state index in [0.717, 1.165) is 36.0 Å². The first-order chi connectivity index (χ1) is 10.3. The fourth-order valence-electron chi connectivity index (χ4n) is 2.35. The molecule has 0 fully saturated rings. The third kappa shape index (κ3) is 3.68. The lowest BCUT2D eigenvalue weighted by Crippen LogP contribution is -2.16. The second-order valence-electron chi connectivity index (χ2n) is 4.97. The summed E-state index contributed by atoms with van der Waals surface area (Å²) in [5.74, 6) is 0. The van der Waals surface area contributed by atoms with E-state index in [0.29, 0.717) is 0 Å². The Morgan fingerprint density at radius 3 is 3.00 bits per heavy atom. The number of aryl methyl sites for hydroxylation is 1. The Morgan fingerprint density at radius 1 is 1.19 bits per heavy atom. The maximum Gasteiger partial charge on any atom is 0.0958 e. The van der Waals surface area contributed by atoms with E-state index in [1.54, 1.807) is 6.20 Å². The fourth-order valence-corrected chi connectivity index (χ4v) is 2.76. The van der Waals surface area contributed by atoms with Gasteiger partial charge in [0.05, 0.1) is 17.4 Å². The van der Waals surface area contributed by atoms with E-state index in [2.05, 4.69) is 54.0 Å². The summed E-state index contributed by atoms with van der Waals surface area (Å²) in [7, 11) is 0. The number of halogens is 1. The Morgan fingerprint density at radius 2 is 2.10 bits per heavy atom. The molecule has 0 radical (unpaired) electrons. The topological polar surface area (TPSA) is 42.7 Å². The van der Waals surface area contributed by atoms with E-state index in [1.165, 1.54) is 11.1 Å². The molecule has 21 heavy (non-hydrogen) atoms. The highest BCUT2D eigenvalue weighted by Gasteiger charge is 2.00. The maximum absolute atomic E-state index is 4.40. The summed E-state index contributed by atoms with van der Waals surface area (Å²) >= 11 is 3.43. The Hall–Kier alpha value is -1.72. The zero-order valence-corrected chi connectivity index (χ0v) is 13.3. The number of hydrogen-bond acceptors (Lipinski definition) is 3. The predicted molar refractivity (Wildman–Crippen MR) is 88.0 cm³/mol. The number of fused-ring (bicyclic) bond motifs is 1. The molecule has 0 atom stereocenters. The summed E-state index contributed by atoms with van der Waals surface area (Å²) in [5.41, 5.74) is 3.46. The van der Waals surface area contributed by atoms with Gasteiger partial charge in [0.25, 0.3) is 0 Å². The minimum Gasteiger partial charge on any atom is -0.331 e. The average molecular weight is 345 g/mol. The van der Waals surface area contributed by atoms with E-state index < -0.39 is 0 Å². The van der Waals surface area contributed by atoms with Crippen molar-refractivity contribution in [2.45, 2.75) is 19.5 Å². The Bertz CT molecular complexity index is 723. The Kier molecular flexibility index (Phi) is 4.62. The van der Waals surface area contributed by atoms with Crippen molar-refractivity contribution in [1.29, 1.82) is 0 Å². The minimum absolute atomic E-state index is 0.844. The number of pyridine rings is 1. The van der Waals surface area contributed by atoms with E-state index in [-0.39, 0.29) is 0 Å². The minimum atomic E-state index is 0.844. The van der Waals surface area contributed by atoms with Crippen molar-refractivity contribution in [3.8, 4) is 0 Å². The number of nitrogens with one attached hydrogen (secondary N) is 1. The van der Waals surface area contributed by atoms with Crippen LogP contribution in [0.1, 0.15) is 12.0 Å². The second-order valence-corrected chi connectivity index (χ2v) is 5.88. The number of imidazole rings is 1. The number of benzene rings is 1. The first-order valence-corrected chi connectivity index (χ1v) is 7.82. The molecule has 3 aromatic rings. The van der Waals surface area contributed by atoms with Gasteiger partial charge >= 0.3 is 0 Å². The van der Waals surface area contributed by atoms with Gasteiger partial charge in [-0.15, -0.1) is 0 Å². The molecule has 0 unspecified atom stereocenters. The van der Waals surface area contributed by atoms with Crippen LogP contribution in [0, 0.1) is 0 Å². The molecule has 0 amide bonds. The van der Waals surface area contributed by atoms with E-state index in [1.807, 2.05) is 24.7 Å². The van der Waals surface area contributed by atoms with Crippen LogP contribution in [0.5, 0.6) is 0 Å². The zero-order valence-electron chi connectivity index (χ0n) is 11.7. The van der Waals surface area contributed by atoms with Crippen molar-refractivity contribution in [2.75, 3.05) is 6.54 Å². The summed E-state index contributed by atoms with van der Waals surface area (Å²) < 4.78 is 3.23. The molecule has 5 heteroatoms. The molecular formula is C16H17BrN4.